The van der Waals surface area contributed by atoms with Gasteiger partial charge >= 0.3 is 5.69 Å². The van der Waals surface area contributed by atoms with Crippen LogP contribution in [0.5, 0.6) is 0 Å². The van der Waals surface area contributed by atoms with Crippen LogP contribution in [0.15, 0.2) is 46.2 Å². The molecule has 4 aromatic rings. The number of carbonyl (C=O) groups is 1. The fraction of sp³-hybridized carbons (Fsp3) is 0.333. The molecule has 1 saturated heterocycles. The lowest BCUT2D eigenvalue weighted by molar-refractivity contribution is -0.140. The number of nitrogens with zero attached hydrogens (tertiary/aromatic N) is 5. The predicted octanol–water partition coefficient (Wildman–Crippen LogP) is 0.732. The summed E-state index contributed by atoms with van der Waals surface area (Å²) in [5.74, 6) is -0.344. The summed E-state index contributed by atoms with van der Waals surface area (Å²) in [7, 11) is 0. The molecule has 1 fully saturated rings. The number of pyridine rings is 3. The Kier molecular flexibility index (Phi) is 5.87. The second-order valence-corrected chi connectivity index (χ2v) is 8.64. The molecule has 1 aliphatic heterocycles. The van der Waals surface area contributed by atoms with E-state index in [0.717, 1.165) is 0 Å². The Morgan fingerprint density at radius 2 is 1.91 bits per heavy atom. The maximum atomic E-state index is 13.1. The summed E-state index contributed by atoms with van der Waals surface area (Å²) in [5.41, 5.74) is 2.08. The average molecular weight is 476 g/mol. The van der Waals surface area contributed by atoms with E-state index in [1.54, 1.807) is 39.9 Å². The first-order valence-electron chi connectivity index (χ1n) is 11.3. The minimum absolute atomic E-state index is 0.170. The van der Waals surface area contributed by atoms with E-state index in [0.29, 0.717) is 59.4 Å². The van der Waals surface area contributed by atoms with Crippen molar-refractivity contribution in [3.63, 3.8) is 0 Å². The van der Waals surface area contributed by atoms with Crippen molar-refractivity contribution in [3.05, 3.63) is 63.2 Å². The molecular formula is C24H24N6O5. The fourth-order valence-electron chi connectivity index (χ4n) is 4.58. The van der Waals surface area contributed by atoms with Crippen LogP contribution in [0.2, 0.25) is 0 Å². The van der Waals surface area contributed by atoms with Crippen LogP contribution in [-0.2, 0) is 11.4 Å². The molecule has 3 N–H and O–H groups in total. The minimum Gasteiger partial charge on any atom is -0.390 e. The highest BCUT2D eigenvalue weighted by Crippen LogP contribution is 2.29. The molecule has 1 atom stereocenters. The average Bonchev–Trinajstić information content (AvgIpc) is 2.88. The number of piperidine rings is 1. The number of aliphatic hydroxyl groups is 2. The molecule has 0 saturated carbocycles. The Hall–Kier alpha value is -3.96. The molecule has 0 aliphatic carbocycles. The number of H-pyrrole nitrogens is 1. The zero-order valence-electron chi connectivity index (χ0n) is 19.0. The van der Waals surface area contributed by atoms with Crippen molar-refractivity contribution < 1.29 is 15.0 Å². The first-order valence-corrected chi connectivity index (χ1v) is 11.3. The van der Waals surface area contributed by atoms with Crippen molar-refractivity contribution in [2.75, 3.05) is 13.1 Å². The Morgan fingerprint density at radius 3 is 2.57 bits per heavy atom. The van der Waals surface area contributed by atoms with Gasteiger partial charge in [-0.05, 0) is 44.0 Å². The van der Waals surface area contributed by atoms with Gasteiger partial charge in [0.2, 0.25) is 0 Å². The zero-order chi connectivity index (χ0) is 24.7. The van der Waals surface area contributed by atoms with Crippen LogP contribution in [0.25, 0.3) is 33.2 Å². The highest BCUT2D eigenvalue weighted by molar-refractivity contribution is 6.01. The number of carbonyl (C=O) groups excluding carboxylic acids is 1. The van der Waals surface area contributed by atoms with Gasteiger partial charge in [-0.2, -0.15) is 0 Å². The van der Waals surface area contributed by atoms with Gasteiger partial charge in [-0.25, -0.2) is 9.78 Å². The van der Waals surface area contributed by atoms with Gasteiger partial charge in [0.15, 0.2) is 0 Å². The van der Waals surface area contributed by atoms with Gasteiger partial charge < -0.3 is 15.1 Å². The molecule has 1 amide bonds. The van der Waals surface area contributed by atoms with E-state index < -0.39 is 17.4 Å². The number of hydrogen-bond acceptors (Lipinski definition) is 8. The smallest absolute Gasteiger partial charge is 0.329 e. The second-order valence-electron chi connectivity index (χ2n) is 8.64. The number of rotatable bonds is 4. The molecule has 35 heavy (non-hydrogen) atoms. The summed E-state index contributed by atoms with van der Waals surface area (Å²) in [6.45, 7) is 2.03. The largest absolute Gasteiger partial charge is 0.390 e. The molecule has 180 valence electrons. The third kappa shape index (κ3) is 4.08. The van der Waals surface area contributed by atoms with Gasteiger partial charge in [-0.1, -0.05) is 0 Å². The van der Waals surface area contributed by atoms with Crippen molar-refractivity contribution >= 4 is 27.8 Å². The summed E-state index contributed by atoms with van der Waals surface area (Å²) >= 11 is 0. The Morgan fingerprint density at radius 1 is 1.14 bits per heavy atom. The van der Waals surface area contributed by atoms with Crippen LogP contribution in [-0.4, -0.2) is 64.7 Å². The molecule has 5 heterocycles. The van der Waals surface area contributed by atoms with Gasteiger partial charge in [0.1, 0.15) is 11.6 Å². The number of hydrogen-bond donors (Lipinski definition) is 3. The predicted molar refractivity (Wildman–Crippen MR) is 128 cm³/mol. The molecule has 0 bridgehead atoms. The molecule has 0 radical (unpaired) electrons. The summed E-state index contributed by atoms with van der Waals surface area (Å²) in [5, 5.41) is 19.1. The van der Waals surface area contributed by atoms with Gasteiger partial charge in [0.25, 0.3) is 11.5 Å². The van der Waals surface area contributed by atoms with Crippen LogP contribution < -0.4 is 11.2 Å². The zero-order valence-corrected chi connectivity index (χ0v) is 19.0. The van der Waals surface area contributed by atoms with Gasteiger partial charge in [0.05, 0.1) is 34.4 Å². The normalized spacial score (nSPS) is 15.6. The molecule has 0 aromatic carbocycles. The molecule has 0 spiro atoms. The third-order valence-electron chi connectivity index (χ3n) is 6.39. The van der Waals surface area contributed by atoms with E-state index in [1.165, 1.54) is 13.1 Å². The SMILES string of the molecule is C[C@H](O)C(=O)N1CCC(n2c(=O)[nH]c(=O)c3cnc4ccc(-c5ccc(CO)nc5)nc4c32)CC1. The summed E-state index contributed by atoms with van der Waals surface area (Å²) in [4.78, 5) is 55.2. The molecule has 4 aromatic heterocycles. The van der Waals surface area contributed by atoms with Gasteiger partial charge in [-0.3, -0.25) is 29.1 Å². The standard InChI is InChI=1S/C24H24N6O5/c1-13(32)23(34)29-8-6-16(7-9-29)30-21-17(22(33)28-24(30)35)11-26-19-5-4-18(27-20(19)21)14-2-3-15(12-31)25-10-14/h2-5,10-11,13,16,31-32H,6-9,12H2,1H3,(H,28,33,35)/t13-/m0/s1. The second kappa shape index (κ2) is 9.01. The summed E-state index contributed by atoms with van der Waals surface area (Å²) < 4.78 is 1.55. The molecule has 0 unspecified atom stereocenters. The monoisotopic (exact) mass is 476 g/mol. The van der Waals surface area contributed by atoms with E-state index in [1.807, 2.05) is 0 Å². The van der Waals surface area contributed by atoms with Crippen molar-refractivity contribution in [3.8, 4) is 11.3 Å². The number of aromatic nitrogens is 5. The highest BCUT2D eigenvalue weighted by atomic mass is 16.3. The molecule has 1 aliphatic rings. The minimum atomic E-state index is -1.08. The van der Waals surface area contributed by atoms with E-state index in [4.69, 9.17) is 4.98 Å². The summed E-state index contributed by atoms with van der Waals surface area (Å²) in [6.07, 6.45) is 2.93. The lowest BCUT2D eigenvalue weighted by Gasteiger charge is -2.34. The number of nitrogens with one attached hydrogen (secondary N) is 1. The van der Waals surface area contributed by atoms with E-state index in [-0.39, 0.29) is 23.9 Å². The molecule has 11 nitrogen and oxygen atoms in total. The van der Waals surface area contributed by atoms with Crippen LogP contribution in [0.3, 0.4) is 0 Å². The number of aromatic amines is 1. The van der Waals surface area contributed by atoms with Gasteiger partial charge in [-0.15, -0.1) is 0 Å². The number of fused-ring (bicyclic) bond motifs is 3. The topological polar surface area (TPSA) is 154 Å². The third-order valence-corrected chi connectivity index (χ3v) is 6.39. The van der Waals surface area contributed by atoms with Crippen LogP contribution in [0, 0.1) is 0 Å². The Bertz CT molecular complexity index is 1530. The first-order chi connectivity index (χ1) is 16.9. The van der Waals surface area contributed by atoms with Crippen LogP contribution in [0.1, 0.15) is 31.5 Å². The first kappa shape index (κ1) is 22.8. The maximum Gasteiger partial charge on any atom is 0.329 e. The maximum absolute atomic E-state index is 13.1. The summed E-state index contributed by atoms with van der Waals surface area (Å²) in [6, 6.07) is 6.77. The lowest BCUT2D eigenvalue weighted by Crippen LogP contribution is -2.45. The van der Waals surface area contributed by atoms with Crippen molar-refractivity contribution in [2.45, 2.75) is 38.5 Å². The van der Waals surface area contributed by atoms with E-state index in [2.05, 4.69) is 15.0 Å². The van der Waals surface area contributed by atoms with Crippen LogP contribution >= 0.6 is 0 Å². The van der Waals surface area contributed by atoms with Crippen LogP contribution in [0.4, 0.5) is 0 Å². The number of likely N-dealkylation sites (tertiary alicyclic amines) is 1. The van der Waals surface area contributed by atoms with Crippen molar-refractivity contribution in [1.82, 2.24) is 29.4 Å². The lowest BCUT2D eigenvalue weighted by atomic mass is 10.0. The highest BCUT2D eigenvalue weighted by Gasteiger charge is 2.28. The number of amides is 1. The number of aliphatic hydroxyl groups excluding tert-OH is 2. The fourth-order valence-corrected chi connectivity index (χ4v) is 4.58. The molecule has 5 rings (SSSR count). The van der Waals surface area contributed by atoms with E-state index >= 15 is 0 Å². The molecule has 11 heteroatoms. The van der Waals surface area contributed by atoms with Crippen molar-refractivity contribution in [2.24, 2.45) is 0 Å². The van der Waals surface area contributed by atoms with Crippen molar-refractivity contribution in [1.29, 1.82) is 0 Å². The Labute approximate surface area is 198 Å². The Balaban J connectivity index is 1.65. The quantitative estimate of drug-likeness (QED) is 0.364. The van der Waals surface area contributed by atoms with E-state index in [9.17, 15) is 24.6 Å². The molecular weight excluding hydrogens is 452 g/mol. The van der Waals surface area contributed by atoms with Gasteiger partial charge in [0, 0.05) is 37.1 Å².